The lowest BCUT2D eigenvalue weighted by molar-refractivity contribution is -0.149. The van der Waals surface area contributed by atoms with Crippen molar-refractivity contribution in [2.45, 2.75) is 38.6 Å². The van der Waals surface area contributed by atoms with Crippen molar-refractivity contribution in [2.24, 2.45) is 5.92 Å². The van der Waals surface area contributed by atoms with Gasteiger partial charge in [-0.1, -0.05) is 0 Å². The van der Waals surface area contributed by atoms with E-state index in [0.717, 1.165) is 13.0 Å². The van der Waals surface area contributed by atoms with Crippen molar-refractivity contribution in [2.75, 3.05) is 6.54 Å². The molecular formula is C9H16ClNO. The molecule has 12 heavy (non-hydrogen) atoms. The van der Waals surface area contributed by atoms with Gasteiger partial charge in [0.2, 0.25) is 5.91 Å². The molecule has 0 saturated carbocycles. The maximum Gasteiger partial charge on any atom is 0.223 e. The molecular weight excluding hydrogens is 174 g/mol. The normalized spacial score (nSPS) is 31.7. The fourth-order valence-electron chi connectivity index (χ4n) is 2.53. The summed E-state index contributed by atoms with van der Waals surface area (Å²) < 4.78 is 0. The van der Waals surface area contributed by atoms with Crippen LogP contribution in [0.4, 0.5) is 0 Å². The highest BCUT2D eigenvalue weighted by Gasteiger charge is 2.43. The van der Waals surface area contributed by atoms with Crippen molar-refractivity contribution >= 4 is 18.3 Å². The van der Waals surface area contributed by atoms with Gasteiger partial charge in [0.15, 0.2) is 0 Å². The van der Waals surface area contributed by atoms with Crippen molar-refractivity contribution in [3.63, 3.8) is 0 Å². The van der Waals surface area contributed by atoms with Gasteiger partial charge >= 0.3 is 0 Å². The van der Waals surface area contributed by atoms with Gasteiger partial charge in [-0.2, -0.15) is 0 Å². The second kappa shape index (κ2) is 2.91. The Morgan fingerprint density at radius 2 is 2.17 bits per heavy atom. The highest BCUT2D eigenvalue weighted by atomic mass is 35.5. The first-order chi connectivity index (χ1) is 5.09. The third-order valence-electron chi connectivity index (χ3n) is 3.04. The molecule has 70 valence electrons. The molecule has 0 aromatic heterocycles. The molecule has 3 saturated heterocycles. The predicted molar refractivity (Wildman–Crippen MR) is 50.4 cm³/mol. The Balaban J connectivity index is 0.000000720. The average Bonchev–Trinajstić information content (AvgIpc) is 1.83. The quantitative estimate of drug-likeness (QED) is 0.570. The van der Waals surface area contributed by atoms with E-state index in [0.29, 0.717) is 11.8 Å². The first-order valence-electron chi connectivity index (χ1n) is 4.40. The molecule has 3 heterocycles. The summed E-state index contributed by atoms with van der Waals surface area (Å²) in [6, 6.07) is 0. The van der Waals surface area contributed by atoms with Crippen LogP contribution in [0.2, 0.25) is 0 Å². The van der Waals surface area contributed by atoms with Gasteiger partial charge in [0.05, 0.1) is 0 Å². The van der Waals surface area contributed by atoms with E-state index in [9.17, 15) is 4.79 Å². The van der Waals surface area contributed by atoms with Crippen LogP contribution in [0, 0.1) is 5.92 Å². The maximum absolute atomic E-state index is 11.4. The monoisotopic (exact) mass is 189 g/mol. The topological polar surface area (TPSA) is 20.3 Å². The van der Waals surface area contributed by atoms with Crippen LogP contribution in [0.1, 0.15) is 33.1 Å². The van der Waals surface area contributed by atoms with Gasteiger partial charge in [-0.25, -0.2) is 0 Å². The summed E-state index contributed by atoms with van der Waals surface area (Å²) in [6.45, 7) is 5.35. The number of hydrogen-bond acceptors (Lipinski definition) is 1. The summed E-state index contributed by atoms with van der Waals surface area (Å²) in [6.07, 6.45) is 3.25. The van der Waals surface area contributed by atoms with Crippen molar-refractivity contribution in [1.29, 1.82) is 0 Å². The van der Waals surface area contributed by atoms with E-state index < -0.39 is 0 Å². The van der Waals surface area contributed by atoms with E-state index >= 15 is 0 Å². The third-order valence-corrected chi connectivity index (χ3v) is 3.04. The Bertz CT molecular complexity index is 203. The minimum absolute atomic E-state index is 0. The Morgan fingerprint density at radius 3 is 2.50 bits per heavy atom. The molecule has 0 radical (unpaired) electrons. The van der Waals surface area contributed by atoms with Crippen molar-refractivity contribution < 1.29 is 4.79 Å². The van der Waals surface area contributed by atoms with Crippen LogP contribution in [-0.4, -0.2) is 22.9 Å². The van der Waals surface area contributed by atoms with Gasteiger partial charge < -0.3 is 4.90 Å². The lowest BCUT2D eigenvalue weighted by Crippen LogP contribution is -2.57. The Labute approximate surface area is 79.7 Å². The maximum atomic E-state index is 11.4. The summed E-state index contributed by atoms with van der Waals surface area (Å²) in [4.78, 5) is 13.4. The molecule has 3 aliphatic rings. The van der Waals surface area contributed by atoms with Gasteiger partial charge in [-0.3, -0.25) is 4.79 Å². The molecule has 3 fully saturated rings. The van der Waals surface area contributed by atoms with Crippen molar-refractivity contribution in [1.82, 2.24) is 4.90 Å². The predicted octanol–water partition coefficient (Wildman–Crippen LogP) is 1.83. The fourth-order valence-corrected chi connectivity index (χ4v) is 2.53. The van der Waals surface area contributed by atoms with Crippen LogP contribution in [-0.2, 0) is 4.79 Å². The molecule has 0 aromatic rings. The number of fused-ring (bicyclic) bond motifs is 3. The van der Waals surface area contributed by atoms with E-state index in [2.05, 4.69) is 13.8 Å². The molecule has 3 aliphatic heterocycles. The minimum atomic E-state index is 0. The second-order valence-corrected chi connectivity index (χ2v) is 4.42. The number of amides is 1. The molecule has 0 spiro atoms. The van der Waals surface area contributed by atoms with E-state index in [1.54, 1.807) is 0 Å². The van der Waals surface area contributed by atoms with Gasteiger partial charge in [-0.15, -0.1) is 12.4 Å². The molecule has 3 heteroatoms. The van der Waals surface area contributed by atoms with E-state index in [4.69, 9.17) is 0 Å². The Kier molecular flexibility index (Phi) is 2.39. The number of hydrogen-bond donors (Lipinski definition) is 0. The number of nitrogens with zero attached hydrogens (tertiary/aromatic N) is 1. The smallest absolute Gasteiger partial charge is 0.223 e. The van der Waals surface area contributed by atoms with Gasteiger partial charge in [-0.05, 0) is 32.6 Å². The van der Waals surface area contributed by atoms with Crippen LogP contribution in [0.25, 0.3) is 0 Å². The standard InChI is InChI=1S/C9H15NO.ClH/c1-9(2)6-7-3-4-10(9)8(11)5-7;/h7H,3-6H2,1-2H3;1H. The second-order valence-electron chi connectivity index (χ2n) is 4.42. The fraction of sp³-hybridized carbons (Fsp3) is 0.889. The lowest BCUT2D eigenvalue weighted by atomic mass is 9.76. The molecule has 1 unspecified atom stereocenters. The average molecular weight is 190 g/mol. The highest BCUT2D eigenvalue weighted by molar-refractivity contribution is 5.85. The number of rotatable bonds is 0. The molecule has 0 N–H and O–H groups in total. The van der Waals surface area contributed by atoms with Crippen LogP contribution in [0.3, 0.4) is 0 Å². The Morgan fingerprint density at radius 1 is 1.50 bits per heavy atom. The van der Waals surface area contributed by atoms with E-state index in [-0.39, 0.29) is 17.9 Å². The van der Waals surface area contributed by atoms with Crippen molar-refractivity contribution in [3.8, 4) is 0 Å². The zero-order chi connectivity index (χ0) is 8.06. The molecule has 2 nitrogen and oxygen atoms in total. The van der Waals surface area contributed by atoms with Crippen molar-refractivity contribution in [3.05, 3.63) is 0 Å². The van der Waals surface area contributed by atoms with Gasteiger partial charge in [0.1, 0.15) is 0 Å². The minimum Gasteiger partial charge on any atom is -0.338 e. The Hall–Kier alpha value is -0.240. The number of halogens is 1. The van der Waals surface area contributed by atoms with Crippen LogP contribution < -0.4 is 0 Å². The van der Waals surface area contributed by atoms with Gasteiger partial charge in [0, 0.05) is 18.5 Å². The summed E-state index contributed by atoms with van der Waals surface area (Å²) in [5.41, 5.74) is 0.151. The zero-order valence-corrected chi connectivity index (χ0v) is 8.49. The molecule has 0 aromatic carbocycles. The van der Waals surface area contributed by atoms with E-state index in [1.165, 1.54) is 12.8 Å². The molecule has 3 rings (SSSR count). The number of carbonyl (C=O) groups excluding carboxylic acids is 1. The summed E-state index contributed by atoms with van der Waals surface area (Å²) in [7, 11) is 0. The molecule has 2 bridgehead atoms. The summed E-state index contributed by atoms with van der Waals surface area (Å²) >= 11 is 0. The zero-order valence-electron chi connectivity index (χ0n) is 7.67. The van der Waals surface area contributed by atoms with Gasteiger partial charge in [0.25, 0.3) is 0 Å². The van der Waals surface area contributed by atoms with Crippen LogP contribution >= 0.6 is 12.4 Å². The molecule has 0 aliphatic carbocycles. The number of piperidine rings is 3. The SMILES string of the molecule is CC1(C)CC2CCN1C(=O)C2.Cl. The summed E-state index contributed by atoms with van der Waals surface area (Å²) in [5, 5.41) is 0. The first kappa shape index (κ1) is 9.85. The van der Waals surface area contributed by atoms with Crippen LogP contribution in [0.15, 0.2) is 0 Å². The summed E-state index contributed by atoms with van der Waals surface area (Å²) in [5.74, 6) is 1.06. The van der Waals surface area contributed by atoms with Crippen LogP contribution in [0.5, 0.6) is 0 Å². The third kappa shape index (κ3) is 1.33. The largest absolute Gasteiger partial charge is 0.338 e. The van der Waals surface area contributed by atoms with E-state index in [1.807, 2.05) is 4.90 Å². The number of carbonyl (C=O) groups is 1. The first-order valence-corrected chi connectivity index (χ1v) is 4.40. The lowest BCUT2D eigenvalue weighted by Gasteiger charge is -2.50. The molecule has 1 amide bonds. The highest BCUT2D eigenvalue weighted by Crippen LogP contribution is 2.38. The molecule has 1 atom stereocenters.